The zero-order valence-corrected chi connectivity index (χ0v) is 6.08. The van der Waals surface area contributed by atoms with Crippen LogP contribution in [0.2, 0.25) is 0 Å². The number of hydrogen-bond acceptors (Lipinski definition) is 3. The van der Waals surface area contributed by atoms with E-state index in [0.29, 0.717) is 0 Å². The highest BCUT2D eigenvalue weighted by atomic mass is 15.3. The van der Waals surface area contributed by atoms with Gasteiger partial charge in [-0.3, -0.25) is 4.99 Å². The van der Waals surface area contributed by atoms with E-state index >= 15 is 0 Å². The van der Waals surface area contributed by atoms with E-state index in [2.05, 4.69) is 9.89 Å². The van der Waals surface area contributed by atoms with E-state index in [1.807, 2.05) is 0 Å². The molecule has 0 aromatic heterocycles. The lowest BCUT2D eigenvalue weighted by Crippen LogP contribution is -2.34. The number of nitrogens with two attached hydrogens (primary N) is 1. The Morgan fingerprint density at radius 1 is 1.50 bits per heavy atom. The fourth-order valence-corrected chi connectivity index (χ4v) is 1.67. The molecule has 0 aliphatic carbocycles. The van der Waals surface area contributed by atoms with Crippen LogP contribution in [0.15, 0.2) is 4.99 Å². The summed E-state index contributed by atoms with van der Waals surface area (Å²) < 4.78 is 0. The number of amidine groups is 1. The molecule has 0 spiro atoms. The third-order valence-corrected chi connectivity index (χ3v) is 2.17. The van der Waals surface area contributed by atoms with Crippen molar-refractivity contribution in [3.05, 3.63) is 0 Å². The molecule has 1 atom stereocenters. The second kappa shape index (κ2) is 2.23. The standard InChI is InChI=1S/C7H13N3/c8-6-5-10-4-2-1-3-7(10)9-6/h6H,1-5,8H2. The van der Waals surface area contributed by atoms with Crippen LogP contribution >= 0.6 is 0 Å². The lowest BCUT2D eigenvalue weighted by atomic mass is 10.1. The summed E-state index contributed by atoms with van der Waals surface area (Å²) in [6.07, 6.45) is 3.81. The molecule has 10 heavy (non-hydrogen) atoms. The molecular weight excluding hydrogens is 126 g/mol. The Morgan fingerprint density at radius 3 is 3.20 bits per heavy atom. The summed E-state index contributed by atoms with van der Waals surface area (Å²) in [5, 5.41) is 0. The Kier molecular flexibility index (Phi) is 1.38. The molecule has 2 heterocycles. The largest absolute Gasteiger partial charge is 0.357 e. The third-order valence-electron chi connectivity index (χ3n) is 2.17. The van der Waals surface area contributed by atoms with Crippen molar-refractivity contribution in [1.29, 1.82) is 0 Å². The molecule has 0 radical (unpaired) electrons. The number of piperidine rings is 1. The van der Waals surface area contributed by atoms with Gasteiger partial charge in [0, 0.05) is 13.0 Å². The molecule has 0 bridgehead atoms. The summed E-state index contributed by atoms with van der Waals surface area (Å²) in [6.45, 7) is 2.13. The van der Waals surface area contributed by atoms with E-state index in [0.717, 1.165) is 13.0 Å². The SMILES string of the molecule is NC1CN2CCCCC2=N1. The molecular formula is C7H13N3. The van der Waals surface area contributed by atoms with Gasteiger partial charge in [-0.15, -0.1) is 0 Å². The first-order chi connectivity index (χ1) is 4.86. The molecule has 1 fully saturated rings. The molecule has 56 valence electrons. The van der Waals surface area contributed by atoms with Crippen molar-refractivity contribution < 1.29 is 0 Å². The number of fused-ring (bicyclic) bond motifs is 1. The summed E-state index contributed by atoms with van der Waals surface area (Å²) in [7, 11) is 0. The third kappa shape index (κ3) is 0.904. The first-order valence-corrected chi connectivity index (χ1v) is 3.93. The maximum atomic E-state index is 5.67. The smallest absolute Gasteiger partial charge is 0.117 e. The van der Waals surface area contributed by atoms with Gasteiger partial charge in [0.1, 0.15) is 12.0 Å². The van der Waals surface area contributed by atoms with Crippen molar-refractivity contribution in [2.24, 2.45) is 10.7 Å². The minimum atomic E-state index is 0.0631. The lowest BCUT2D eigenvalue weighted by molar-refractivity contribution is 0.384. The van der Waals surface area contributed by atoms with Crippen LogP contribution in [-0.4, -0.2) is 30.0 Å². The van der Waals surface area contributed by atoms with E-state index < -0.39 is 0 Å². The molecule has 3 nitrogen and oxygen atoms in total. The van der Waals surface area contributed by atoms with E-state index in [-0.39, 0.29) is 6.17 Å². The van der Waals surface area contributed by atoms with Gasteiger partial charge < -0.3 is 10.6 Å². The van der Waals surface area contributed by atoms with Gasteiger partial charge in [-0.2, -0.15) is 0 Å². The maximum absolute atomic E-state index is 5.67. The predicted octanol–water partition coefficient (Wildman–Crippen LogP) is 0.169. The molecule has 2 aliphatic rings. The molecule has 0 aromatic rings. The van der Waals surface area contributed by atoms with Crippen LogP contribution in [0.1, 0.15) is 19.3 Å². The summed E-state index contributed by atoms with van der Waals surface area (Å²) in [4.78, 5) is 6.64. The second-order valence-electron chi connectivity index (χ2n) is 3.02. The number of nitrogens with zero attached hydrogens (tertiary/aromatic N) is 2. The fourth-order valence-electron chi connectivity index (χ4n) is 1.67. The van der Waals surface area contributed by atoms with Crippen molar-refractivity contribution in [2.75, 3.05) is 13.1 Å². The minimum absolute atomic E-state index is 0.0631. The van der Waals surface area contributed by atoms with Gasteiger partial charge in [0.15, 0.2) is 0 Å². The zero-order valence-electron chi connectivity index (χ0n) is 6.08. The zero-order chi connectivity index (χ0) is 6.97. The summed E-state index contributed by atoms with van der Waals surface area (Å²) in [5.74, 6) is 1.25. The Hall–Kier alpha value is -0.570. The molecule has 0 aromatic carbocycles. The summed E-state index contributed by atoms with van der Waals surface area (Å²) in [6, 6.07) is 0. The molecule has 3 heteroatoms. The quantitative estimate of drug-likeness (QED) is 0.519. The molecule has 0 amide bonds. The van der Waals surface area contributed by atoms with Crippen LogP contribution in [0, 0.1) is 0 Å². The van der Waals surface area contributed by atoms with Crippen LogP contribution in [0.3, 0.4) is 0 Å². The van der Waals surface area contributed by atoms with Crippen molar-refractivity contribution in [3.8, 4) is 0 Å². The maximum Gasteiger partial charge on any atom is 0.117 e. The Balaban J connectivity index is 2.10. The molecule has 1 saturated heterocycles. The molecule has 2 rings (SSSR count). The average molecular weight is 139 g/mol. The van der Waals surface area contributed by atoms with Gasteiger partial charge in [0.25, 0.3) is 0 Å². The van der Waals surface area contributed by atoms with Crippen molar-refractivity contribution in [1.82, 2.24) is 4.90 Å². The normalized spacial score (nSPS) is 31.9. The molecule has 2 N–H and O–H groups in total. The van der Waals surface area contributed by atoms with Gasteiger partial charge in [-0.25, -0.2) is 0 Å². The van der Waals surface area contributed by atoms with Crippen molar-refractivity contribution >= 4 is 5.84 Å². The van der Waals surface area contributed by atoms with Gasteiger partial charge in [0.05, 0.1) is 6.54 Å². The highest BCUT2D eigenvalue weighted by molar-refractivity contribution is 5.84. The monoisotopic (exact) mass is 139 g/mol. The van der Waals surface area contributed by atoms with Gasteiger partial charge in [-0.1, -0.05) is 0 Å². The summed E-state index contributed by atoms with van der Waals surface area (Å²) >= 11 is 0. The van der Waals surface area contributed by atoms with E-state index in [1.54, 1.807) is 0 Å². The Morgan fingerprint density at radius 2 is 2.40 bits per heavy atom. The molecule has 2 aliphatic heterocycles. The highest BCUT2D eigenvalue weighted by Gasteiger charge is 2.23. The van der Waals surface area contributed by atoms with Gasteiger partial charge >= 0.3 is 0 Å². The minimum Gasteiger partial charge on any atom is -0.357 e. The number of hydrogen-bond donors (Lipinski definition) is 1. The Labute approximate surface area is 60.9 Å². The lowest BCUT2D eigenvalue weighted by Gasteiger charge is -2.24. The first-order valence-electron chi connectivity index (χ1n) is 3.93. The van der Waals surface area contributed by atoms with Crippen molar-refractivity contribution in [3.63, 3.8) is 0 Å². The van der Waals surface area contributed by atoms with E-state index in [1.165, 1.54) is 25.2 Å². The topological polar surface area (TPSA) is 41.6 Å². The van der Waals surface area contributed by atoms with Crippen LogP contribution in [0.4, 0.5) is 0 Å². The first kappa shape index (κ1) is 6.16. The highest BCUT2D eigenvalue weighted by Crippen LogP contribution is 2.16. The average Bonchev–Trinajstić information content (AvgIpc) is 2.27. The van der Waals surface area contributed by atoms with Crippen LogP contribution in [0.5, 0.6) is 0 Å². The van der Waals surface area contributed by atoms with Gasteiger partial charge in [0.2, 0.25) is 0 Å². The number of aliphatic imine (C=N–C) groups is 1. The van der Waals surface area contributed by atoms with Crippen LogP contribution in [0.25, 0.3) is 0 Å². The van der Waals surface area contributed by atoms with Crippen LogP contribution in [-0.2, 0) is 0 Å². The van der Waals surface area contributed by atoms with E-state index in [9.17, 15) is 0 Å². The number of rotatable bonds is 0. The molecule has 1 unspecified atom stereocenters. The van der Waals surface area contributed by atoms with Gasteiger partial charge in [-0.05, 0) is 12.8 Å². The predicted molar refractivity (Wildman–Crippen MR) is 40.8 cm³/mol. The van der Waals surface area contributed by atoms with Crippen LogP contribution < -0.4 is 5.73 Å². The second-order valence-corrected chi connectivity index (χ2v) is 3.02. The summed E-state index contributed by atoms with van der Waals surface area (Å²) in [5.41, 5.74) is 5.67. The van der Waals surface area contributed by atoms with Crippen molar-refractivity contribution in [2.45, 2.75) is 25.4 Å². The molecule has 0 saturated carbocycles. The van der Waals surface area contributed by atoms with E-state index in [4.69, 9.17) is 5.73 Å². The Bertz CT molecular complexity index is 164. The fraction of sp³-hybridized carbons (Fsp3) is 0.857.